The first-order chi connectivity index (χ1) is 11.2. The first-order valence-electron chi connectivity index (χ1n) is 8.48. The van der Waals surface area contributed by atoms with Gasteiger partial charge in [-0.1, -0.05) is 24.3 Å². The molecule has 2 N–H and O–H groups in total. The second kappa shape index (κ2) is 6.24. The molecule has 0 bridgehead atoms. The Labute approximate surface area is 146 Å². The fourth-order valence-electron chi connectivity index (χ4n) is 3.96. The highest BCUT2D eigenvalue weighted by Gasteiger charge is 2.51. The first-order valence-corrected chi connectivity index (χ1v) is 9.63. The molecule has 24 heavy (non-hydrogen) atoms. The highest BCUT2D eigenvalue weighted by Crippen LogP contribution is 2.46. The highest BCUT2D eigenvalue weighted by molar-refractivity contribution is 7.90. The number of amides is 1. The van der Waals surface area contributed by atoms with Crippen LogP contribution in [0.25, 0.3) is 0 Å². The molecular formula is C18H26N2O3S. The SMILES string of the molecule is CC(C)(C)[S@@+]([O-])N[C@@H]1Cc2ccccc2C12CCN(C(=O)O)CC2. The summed E-state index contributed by atoms with van der Waals surface area (Å²) in [5.74, 6) is 0. The van der Waals surface area contributed by atoms with Crippen molar-refractivity contribution >= 4 is 17.5 Å². The average Bonchev–Trinajstić information content (AvgIpc) is 2.81. The Kier molecular flexibility index (Phi) is 4.57. The van der Waals surface area contributed by atoms with Gasteiger partial charge in [0.2, 0.25) is 0 Å². The molecule has 1 fully saturated rings. The van der Waals surface area contributed by atoms with Crippen LogP contribution in [0.5, 0.6) is 0 Å². The van der Waals surface area contributed by atoms with Crippen molar-refractivity contribution in [3.05, 3.63) is 35.4 Å². The maximum atomic E-state index is 12.7. The van der Waals surface area contributed by atoms with Crippen molar-refractivity contribution in [2.75, 3.05) is 13.1 Å². The van der Waals surface area contributed by atoms with Crippen molar-refractivity contribution in [1.29, 1.82) is 0 Å². The maximum Gasteiger partial charge on any atom is 0.407 e. The fourth-order valence-corrected chi connectivity index (χ4v) is 4.88. The van der Waals surface area contributed by atoms with E-state index in [1.807, 2.05) is 32.9 Å². The second-order valence-electron chi connectivity index (χ2n) is 7.84. The predicted molar refractivity (Wildman–Crippen MR) is 95.5 cm³/mol. The molecule has 1 heterocycles. The Hall–Kier alpha value is -1.24. The van der Waals surface area contributed by atoms with Crippen molar-refractivity contribution in [3.8, 4) is 0 Å². The van der Waals surface area contributed by atoms with Gasteiger partial charge in [-0.2, -0.15) is 0 Å². The minimum atomic E-state index is -1.14. The lowest BCUT2D eigenvalue weighted by Crippen LogP contribution is -2.56. The van der Waals surface area contributed by atoms with Crippen LogP contribution in [0, 0.1) is 0 Å². The Morgan fingerprint density at radius 2 is 1.96 bits per heavy atom. The smallest absolute Gasteiger partial charge is 0.407 e. The maximum absolute atomic E-state index is 12.7. The summed E-state index contributed by atoms with van der Waals surface area (Å²) in [6, 6.07) is 8.48. The Balaban J connectivity index is 1.88. The summed E-state index contributed by atoms with van der Waals surface area (Å²) >= 11 is -1.14. The summed E-state index contributed by atoms with van der Waals surface area (Å²) in [6.07, 6.45) is 1.55. The van der Waals surface area contributed by atoms with E-state index < -0.39 is 17.5 Å². The lowest BCUT2D eigenvalue weighted by Gasteiger charge is -2.43. The summed E-state index contributed by atoms with van der Waals surface area (Å²) in [5.41, 5.74) is 2.48. The lowest BCUT2D eigenvalue weighted by atomic mass is 9.71. The number of likely N-dealkylation sites (tertiary alicyclic amines) is 1. The molecular weight excluding hydrogens is 324 g/mol. The van der Waals surface area contributed by atoms with Crippen LogP contribution in [-0.2, 0) is 23.2 Å². The van der Waals surface area contributed by atoms with Crippen LogP contribution in [0.15, 0.2) is 24.3 Å². The van der Waals surface area contributed by atoms with Gasteiger partial charge in [0.05, 0.1) is 6.04 Å². The average molecular weight is 350 g/mol. The zero-order chi connectivity index (χ0) is 17.5. The van der Waals surface area contributed by atoms with Crippen LogP contribution in [0.1, 0.15) is 44.7 Å². The van der Waals surface area contributed by atoms with Crippen LogP contribution < -0.4 is 4.72 Å². The molecule has 1 spiro atoms. The van der Waals surface area contributed by atoms with Gasteiger partial charge in [-0.05, 0) is 51.2 Å². The van der Waals surface area contributed by atoms with Gasteiger partial charge in [0.15, 0.2) is 0 Å². The number of nitrogens with zero attached hydrogens (tertiary/aromatic N) is 1. The molecule has 1 aromatic carbocycles. The molecule has 1 aliphatic heterocycles. The van der Waals surface area contributed by atoms with Gasteiger partial charge in [0.25, 0.3) is 0 Å². The van der Waals surface area contributed by atoms with Gasteiger partial charge in [0, 0.05) is 29.9 Å². The van der Waals surface area contributed by atoms with E-state index in [2.05, 4.69) is 16.9 Å². The molecule has 1 amide bonds. The third-order valence-corrected chi connectivity index (χ3v) is 6.99. The van der Waals surface area contributed by atoms with E-state index in [1.54, 1.807) is 0 Å². The number of benzene rings is 1. The summed E-state index contributed by atoms with van der Waals surface area (Å²) in [7, 11) is 0. The van der Waals surface area contributed by atoms with Crippen molar-refractivity contribution in [2.45, 2.75) is 56.2 Å². The second-order valence-corrected chi connectivity index (χ2v) is 9.84. The largest absolute Gasteiger partial charge is 0.598 e. The fraction of sp³-hybridized carbons (Fsp3) is 0.611. The zero-order valence-corrected chi connectivity index (χ0v) is 15.4. The van der Waals surface area contributed by atoms with Crippen LogP contribution in [0.3, 0.4) is 0 Å². The van der Waals surface area contributed by atoms with Crippen molar-refractivity contribution in [1.82, 2.24) is 9.62 Å². The molecule has 1 aromatic rings. The summed E-state index contributed by atoms with van der Waals surface area (Å²) in [5, 5.41) is 9.24. The minimum absolute atomic E-state index is 0.0888. The number of nitrogens with one attached hydrogen (secondary N) is 1. The summed E-state index contributed by atoms with van der Waals surface area (Å²) < 4.78 is 15.7. The minimum Gasteiger partial charge on any atom is -0.598 e. The Morgan fingerprint density at radius 3 is 2.54 bits per heavy atom. The topological polar surface area (TPSA) is 75.6 Å². The molecule has 0 radical (unpaired) electrons. The normalized spacial score (nSPS) is 24.0. The van der Waals surface area contributed by atoms with Gasteiger partial charge < -0.3 is 14.6 Å². The van der Waals surface area contributed by atoms with Crippen LogP contribution >= 0.6 is 0 Å². The molecule has 0 aromatic heterocycles. The predicted octanol–water partition coefficient (Wildman–Crippen LogP) is 2.67. The van der Waals surface area contributed by atoms with Gasteiger partial charge in [-0.3, -0.25) is 0 Å². The van der Waals surface area contributed by atoms with Crippen LogP contribution in [0.4, 0.5) is 4.79 Å². The number of piperidine rings is 1. The Morgan fingerprint density at radius 1 is 1.33 bits per heavy atom. The van der Waals surface area contributed by atoms with Crippen molar-refractivity contribution in [2.24, 2.45) is 0 Å². The Bertz CT molecular complexity index is 621. The molecule has 0 unspecified atom stereocenters. The van der Waals surface area contributed by atoms with Gasteiger partial charge in [-0.15, -0.1) is 4.72 Å². The van der Waals surface area contributed by atoms with E-state index in [9.17, 15) is 14.5 Å². The number of carbonyl (C=O) groups is 1. The van der Waals surface area contributed by atoms with E-state index in [-0.39, 0.29) is 16.2 Å². The number of carboxylic acid groups (broad SMARTS) is 1. The molecule has 3 rings (SSSR count). The molecule has 2 aliphatic rings. The monoisotopic (exact) mass is 350 g/mol. The molecule has 132 valence electrons. The van der Waals surface area contributed by atoms with Gasteiger partial charge in [-0.25, -0.2) is 4.79 Å². The molecule has 1 saturated heterocycles. The van der Waals surface area contributed by atoms with Crippen molar-refractivity contribution in [3.63, 3.8) is 0 Å². The first kappa shape index (κ1) is 17.6. The standard InChI is InChI=1S/C18H26N2O3S/c1-17(2,3)24(23)19-15-12-13-6-4-5-7-14(13)18(15)8-10-20(11-9-18)16(21)22/h4-7,15,19H,8-12H2,1-3H3,(H,21,22)/t15-,24-/m1/s1. The van der Waals surface area contributed by atoms with E-state index in [1.165, 1.54) is 16.0 Å². The third-order valence-electron chi connectivity index (χ3n) is 5.38. The van der Waals surface area contributed by atoms with E-state index in [0.29, 0.717) is 13.1 Å². The van der Waals surface area contributed by atoms with Gasteiger partial charge in [0.1, 0.15) is 4.75 Å². The molecule has 5 nitrogen and oxygen atoms in total. The quantitative estimate of drug-likeness (QED) is 0.804. The number of fused-ring (bicyclic) bond motifs is 2. The van der Waals surface area contributed by atoms with E-state index >= 15 is 0 Å². The highest BCUT2D eigenvalue weighted by atomic mass is 32.2. The van der Waals surface area contributed by atoms with Crippen LogP contribution in [0.2, 0.25) is 0 Å². The third kappa shape index (κ3) is 3.03. The molecule has 1 aliphatic carbocycles. The van der Waals surface area contributed by atoms with Crippen molar-refractivity contribution < 1.29 is 14.5 Å². The van der Waals surface area contributed by atoms with E-state index in [0.717, 1.165) is 19.3 Å². The van der Waals surface area contributed by atoms with Crippen LogP contribution in [-0.4, -0.2) is 44.5 Å². The number of hydrogen-bond donors (Lipinski definition) is 2. The molecule has 6 heteroatoms. The summed E-state index contributed by atoms with van der Waals surface area (Å²) in [4.78, 5) is 12.7. The lowest BCUT2D eigenvalue weighted by molar-refractivity contribution is 0.110. The zero-order valence-electron chi connectivity index (χ0n) is 14.5. The summed E-state index contributed by atoms with van der Waals surface area (Å²) in [6.45, 7) is 6.97. The molecule has 2 atom stereocenters. The molecule has 0 saturated carbocycles. The van der Waals surface area contributed by atoms with E-state index in [4.69, 9.17) is 0 Å². The van der Waals surface area contributed by atoms with Gasteiger partial charge >= 0.3 is 6.09 Å². The number of rotatable bonds is 2. The number of hydrogen-bond acceptors (Lipinski definition) is 3.